The largest absolute Gasteiger partial charge is 0.352 e. The first-order valence-electron chi connectivity index (χ1n) is 8.48. The minimum atomic E-state index is -0.575. The van der Waals surface area contributed by atoms with Crippen LogP contribution in [0.5, 0.6) is 0 Å². The van der Waals surface area contributed by atoms with E-state index in [2.05, 4.69) is 10.2 Å². The molecule has 124 valence electrons. The second-order valence-corrected chi connectivity index (χ2v) is 8.28. The summed E-state index contributed by atoms with van der Waals surface area (Å²) >= 11 is 1.55. The summed E-state index contributed by atoms with van der Waals surface area (Å²) in [6.45, 7) is 0.917. The third kappa shape index (κ3) is 2.63. The molecule has 1 spiro atoms. The Hall–Kier alpha value is -1.56. The van der Waals surface area contributed by atoms with Crippen molar-refractivity contribution in [1.29, 1.82) is 0 Å². The first-order valence-corrected chi connectivity index (χ1v) is 9.36. The van der Waals surface area contributed by atoms with Crippen molar-refractivity contribution in [3.05, 3.63) is 22.4 Å². The number of rotatable bonds is 5. The van der Waals surface area contributed by atoms with Crippen LogP contribution in [-0.2, 0) is 4.79 Å². The van der Waals surface area contributed by atoms with E-state index in [4.69, 9.17) is 5.73 Å². The molecule has 3 N–H and O–H groups in total. The topological polar surface area (TPSA) is 75.4 Å². The van der Waals surface area contributed by atoms with Gasteiger partial charge in [-0.3, -0.25) is 4.79 Å². The summed E-state index contributed by atoms with van der Waals surface area (Å²) in [5, 5.41) is 4.68. The zero-order valence-electron chi connectivity index (χ0n) is 13.2. The van der Waals surface area contributed by atoms with Gasteiger partial charge in [-0.15, -0.1) is 11.3 Å². The van der Waals surface area contributed by atoms with Crippen LogP contribution in [0.15, 0.2) is 17.5 Å². The van der Waals surface area contributed by atoms with E-state index in [1.807, 2.05) is 17.5 Å². The van der Waals surface area contributed by atoms with E-state index in [0.717, 1.165) is 17.3 Å². The van der Waals surface area contributed by atoms with Gasteiger partial charge in [0.25, 0.3) is 0 Å². The Morgan fingerprint density at radius 1 is 1.43 bits per heavy atom. The highest BCUT2D eigenvalue weighted by atomic mass is 32.1. The fourth-order valence-electron chi connectivity index (χ4n) is 4.42. The van der Waals surface area contributed by atoms with Gasteiger partial charge in [0, 0.05) is 22.9 Å². The molecule has 2 atom stereocenters. The molecule has 2 saturated carbocycles. The molecule has 0 radical (unpaired) electrons. The molecule has 1 aromatic rings. The van der Waals surface area contributed by atoms with E-state index >= 15 is 0 Å². The standard InChI is InChI=1S/C17H23N3O2S/c18-16(22)19-12(13-3-1-8-23-13)9-14(21)20-10-17(6-2-7-17)15(20)11-4-5-11/h1,3,8,11-12,15H,2,4-7,9-10H2,(H3,18,19,22). The van der Waals surface area contributed by atoms with E-state index in [-0.39, 0.29) is 11.9 Å². The summed E-state index contributed by atoms with van der Waals surface area (Å²) < 4.78 is 0. The zero-order chi connectivity index (χ0) is 16.0. The number of thiophene rings is 1. The van der Waals surface area contributed by atoms with Crippen LogP contribution in [0, 0.1) is 11.3 Å². The van der Waals surface area contributed by atoms with Crippen LogP contribution in [0.25, 0.3) is 0 Å². The van der Waals surface area contributed by atoms with Gasteiger partial charge in [-0.2, -0.15) is 0 Å². The van der Waals surface area contributed by atoms with Crippen LogP contribution < -0.4 is 11.1 Å². The number of nitrogens with two attached hydrogens (primary N) is 1. The second-order valence-electron chi connectivity index (χ2n) is 7.30. The Balaban J connectivity index is 1.44. The number of carbonyl (C=O) groups is 2. The van der Waals surface area contributed by atoms with Gasteiger partial charge in [0.15, 0.2) is 0 Å². The van der Waals surface area contributed by atoms with Crippen LogP contribution in [0.1, 0.15) is 49.4 Å². The molecule has 1 saturated heterocycles. The number of nitrogens with one attached hydrogen (secondary N) is 1. The van der Waals surface area contributed by atoms with Gasteiger partial charge in [0.05, 0.1) is 12.5 Å². The molecule has 2 unspecified atom stereocenters. The smallest absolute Gasteiger partial charge is 0.312 e. The number of hydrogen-bond acceptors (Lipinski definition) is 3. The Morgan fingerprint density at radius 2 is 2.22 bits per heavy atom. The molecule has 1 aromatic heterocycles. The molecule has 0 aromatic carbocycles. The van der Waals surface area contributed by atoms with Gasteiger partial charge in [-0.05, 0) is 43.0 Å². The maximum atomic E-state index is 12.8. The van der Waals surface area contributed by atoms with Gasteiger partial charge in [-0.1, -0.05) is 12.5 Å². The van der Waals surface area contributed by atoms with Gasteiger partial charge in [0.1, 0.15) is 0 Å². The number of urea groups is 1. The van der Waals surface area contributed by atoms with Crippen molar-refractivity contribution in [2.75, 3.05) is 6.54 Å². The lowest BCUT2D eigenvalue weighted by Crippen LogP contribution is -2.69. The highest BCUT2D eigenvalue weighted by molar-refractivity contribution is 7.10. The van der Waals surface area contributed by atoms with E-state index in [1.165, 1.54) is 32.1 Å². The summed E-state index contributed by atoms with van der Waals surface area (Å²) in [4.78, 5) is 27.2. The van der Waals surface area contributed by atoms with E-state index < -0.39 is 6.03 Å². The van der Waals surface area contributed by atoms with Crippen LogP contribution in [0.2, 0.25) is 0 Å². The number of amides is 3. The summed E-state index contributed by atoms with van der Waals surface area (Å²) in [6, 6.07) is 3.45. The Labute approximate surface area is 140 Å². The number of primary amides is 1. The lowest BCUT2D eigenvalue weighted by molar-refractivity contribution is -0.171. The molecular formula is C17H23N3O2S. The van der Waals surface area contributed by atoms with Gasteiger partial charge in [-0.25, -0.2) is 4.79 Å². The van der Waals surface area contributed by atoms with Crippen molar-refractivity contribution >= 4 is 23.3 Å². The SMILES string of the molecule is NC(=O)NC(CC(=O)N1CC2(CCC2)C1C1CC1)c1cccs1. The average molecular weight is 333 g/mol. The average Bonchev–Trinajstić information content (AvgIpc) is 3.07. The van der Waals surface area contributed by atoms with Crippen LogP contribution in [0.3, 0.4) is 0 Å². The first kappa shape index (κ1) is 15.0. The molecule has 2 aliphatic carbocycles. The molecule has 5 nitrogen and oxygen atoms in total. The van der Waals surface area contributed by atoms with Crippen molar-refractivity contribution in [3.63, 3.8) is 0 Å². The maximum Gasteiger partial charge on any atom is 0.312 e. The normalized spacial score (nSPS) is 26.3. The summed E-state index contributed by atoms with van der Waals surface area (Å²) in [5.41, 5.74) is 5.72. The van der Waals surface area contributed by atoms with Crippen LogP contribution >= 0.6 is 11.3 Å². The van der Waals surface area contributed by atoms with Crippen molar-refractivity contribution < 1.29 is 9.59 Å². The van der Waals surface area contributed by atoms with Gasteiger partial charge in [0.2, 0.25) is 5.91 Å². The van der Waals surface area contributed by atoms with E-state index in [0.29, 0.717) is 17.9 Å². The maximum absolute atomic E-state index is 12.8. The third-order valence-electron chi connectivity index (χ3n) is 5.77. The monoisotopic (exact) mass is 333 g/mol. The molecule has 3 amide bonds. The van der Waals surface area contributed by atoms with Gasteiger partial charge >= 0.3 is 6.03 Å². The lowest BCUT2D eigenvalue weighted by atomic mass is 9.56. The van der Waals surface area contributed by atoms with Crippen molar-refractivity contribution in [3.8, 4) is 0 Å². The highest BCUT2D eigenvalue weighted by Crippen LogP contribution is 2.59. The predicted octanol–water partition coefficient (Wildman–Crippen LogP) is 2.64. The molecule has 3 fully saturated rings. The Bertz CT molecular complexity index is 607. The van der Waals surface area contributed by atoms with E-state index in [9.17, 15) is 9.59 Å². The number of likely N-dealkylation sites (tertiary alicyclic amines) is 1. The lowest BCUT2D eigenvalue weighted by Gasteiger charge is -2.63. The minimum absolute atomic E-state index is 0.159. The van der Waals surface area contributed by atoms with Crippen molar-refractivity contribution in [1.82, 2.24) is 10.2 Å². The van der Waals surface area contributed by atoms with Crippen LogP contribution in [-0.4, -0.2) is 29.4 Å². The molecule has 1 aliphatic heterocycles. The van der Waals surface area contributed by atoms with Crippen LogP contribution in [0.4, 0.5) is 4.79 Å². The van der Waals surface area contributed by atoms with Crippen molar-refractivity contribution in [2.24, 2.45) is 17.1 Å². The second kappa shape index (κ2) is 5.51. The molecule has 0 bridgehead atoms. The van der Waals surface area contributed by atoms with E-state index in [1.54, 1.807) is 11.3 Å². The Kier molecular flexibility index (Phi) is 3.59. The number of hydrogen-bond donors (Lipinski definition) is 2. The first-order chi connectivity index (χ1) is 11.1. The molecule has 2 heterocycles. The summed E-state index contributed by atoms with van der Waals surface area (Å²) in [5.74, 6) is 0.879. The highest BCUT2D eigenvalue weighted by Gasteiger charge is 2.61. The fourth-order valence-corrected chi connectivity index (χ4v) is 5.20. The minimum Gasteiger partial charge on any atom is -0.352 e. The summed E-state index contributed by atoms with van der Waals surface area (Å²) in [6.07, 6.45) is 6.72. The molecule has 3 aliphatic rings. The fraction of sp³-hybridized carbons (Fsp3) is 0.647. The quantitative estimate of drug-likeness (QED) is 0.869. The third-order valence-corrected chi connectivity index (χ3v) is 6.75. The zero-order valence-corrected chi connectivity index (χ0v) is 14.0. The molecule has 6 heteroatoms. The molecule has 23 heavy (non-hydrogen) atoms. The van der Waals surface area contributed by atoms with Crippen molar-refractivity contribution in [2.45, 2.75) is 50.6 Å². The molecular weight excluding hydrogens is 310 g/mol. The predicted molar refractivity (Wildman–Crippen MR) is 88.9 cm³/mol. The Morgan fingerprint density at radius 3 is 2.74 bits per heavy atom. The van der Waals surface area contributed by atoms with Gasteiger partial charge < -0.3 is 16.0 Å². The molecule has 4 rings (SSSR count). The number of nitrogens with zero attached hydrogens (tertiary/aromatic N) is 1. The summed E-state index contributed by atoms with van der Waals surface area (Å²) in [7, 11) is 0. The number of carbonyl (C=O) groups excluding carboxylic acids is 2.